The summed E-state index contributed by atoms with van der Waals surface area (Å²) < 4.78 is 0. The van der Waals surface area contributed by atoms with E-state index in [0.717, 1.165) is 30.4 Å². The van der Waals surface area contributed by atoms with Crippen molar-refractivity contribution in [1.29, 1.82) is 0 Å². The number of rotatable bonds is 5. The van der Waals surface area contributed by atoms with Crippen LogP contribution in [-0.2, 0) is 0 Å². The molecule has 3 fully saturated rings. The zero-order chi connectivity index (χ0) is 16.1. The van der Waals surface area contributed by atoms with Crippen molar-refractivity contribution >= 4 is 11.6 Å². The van der Waals surface area contributed by atoms with E-state index in [1.54, 1.807) is 6.33 Å². The Morgan fingerprint density at radius 2 is 1.71 bits per heavy atom. The van der Waals surface area contributed by atoms with Gasteiger partial charge in [-0.3, -0.25) is 0 Å². The maximum absolute atomic E-state index is 4.46. The Morgan fingerprint density at radius 1 is 0.958 bits per heavy atom. The standard InChI is InChI=1S/C18H22N6/c1-23(18-8-16(13-4-5-13)19-11-20-18)14-9-24(10-14)17-7-6-15(21-22-17)12-2-3-12/h6-8,11-14H,2-5,9-10H2,1H3. The molecule has 3 heterocycles. The van der Waals surface area contributed by atoms with Gasteiger partial charge in [0.25, 0.3) is 0 Å². The molecule has 3 aliphatic rings. The smallest absolute Gasteiger partial charge is 0.151 e. The SMILES string of the molecule is CN(c1cc(C2CC2)ncn1)C1CN(c2ccc(C3CC3)nn2)C1. The van der Waals surface area contributed by atoms with Gasteiger partial charge in [-0.2, -0.15) is 5.10 Å². The molecule has 5 rings (SSSR count). The van der Waals surface area contributed by atoms with E-state index in [9.17, 15) is 0 Å². The van der Waals surface area contributed by atoms with Gasteiger partial charge in [-0.25, -0.2) is 9.97 Å². The summed E-state index contributed by atoms with van der Waals surface area (Å²) in [5.41, 5.74) is 2.35. The Kier molecular flexibility index (Phi) is 3.18. The Labute approximate surface area is 141 Å². The van der Waals surface area contributed by atoms with Crippen molar-refractivity contribution < 1.29 is 0 Å². The fraction of sp³-hybridized carbons (Fsp3) is 0.556. The highest BCUT2D eigenvalue weighted by Gasteiger charge is 2.33. The molecule has 0 bridgehead atoms. The molecule has 0 amide bonds. The maximum atomic E-state index is 4.46. The summed E-state index contributed by atoms with van der Waals surface area (Å²) in [7, 11) is 2.13. The van der Waals surface area contributed by atoms with Gasteiger partial charge in [-0.1, -0.05) is 0 Å². The van der Waals surface area contributed by atoms with E-state index < -0.39 is 0 Å². The lowest BCUT2D eigenvalue weighted by Crippen LogP contribution is -2.59. The number of nitrogens with zero attached hydrogens (tertiary/aromatic N) is 6. The fourth-order valence-corrected chi connectivity index (χ4v) is 3.33. The summed E-state index contributed by atoms with van der Waals surface area (Å²) in [5.74, 6) is 3.36. The van der Waals surface area contributed by atoms with Gasteiger partial charge in [0.15, 0.2) is 5.82 Å². The molecule has 1 aliphatic heterocycles. The first kappa shape index (κ1) is 14.1. The molecule has 2 saturated carbocycles. The van der Waals surface area contributed by atoms with Gasteiger partial charge in [0.05, 0.1) is 11.7 Å². The van der Waals surface area contributed by atoms with E-state index in [1.807, 2.05) is 0 Å². The monoisotopic (exact) mass is 322 g/mol. The predicted octanol–water partition coefficient (Wildman–Crippen LogP) is 2.35. The van der Waals surface area contributed by atoms with Gasteiger partial charge in [0.2, 0.25) is 0 Å². The van der Waals surface area contributed by atoms with E-state index in [-0.39, 0.29) is 0 Å². The van der Waals surface area contributed by atoms with Crippen LogP contribution in [0, 0.1) is 0 Å². The Hall–Kier alpha value is -2.24. The van der Waals surface area contributed by atoms with Crippen LogP contribution >= 0.6 is 0 Å². The number of likely N-dealkylation sites (N-methyl/N-ethyl adjacent to an activating group) is 1. The van der Waals surface area contributed by atoms with Crippen LogP contribution in [0.2, 0.25) is 0 Å². The molecule has 0 atom stereocenters. The van der Waals surface area contributed by atoms with E-state index in [4.69, 9.17) is 0 Å². The first-order valence-electron chi connectivity index (χ1n) is 8.91. The number of aromatic nitrogens is 4. The molecule has 6 nitrogen and oxygen atoms in total. The fourth-order valence-electron chi connectivity index (χ4n) is 3.33. The second-order valence-corrected chi connectivity index (χ2v) is 7.34. The molecule has 2 aromatic heterocycles. The van der Waals surface area contributed by atoms with Crippen LogP contribution in [0.4, 0.5) is 11.6 Å². The van der Waals surface area contributed by atoms with Crippen LogP contribution < -0.4 is 9.80 Å². The van der Waals surface area contributed by atoms with Crippen LogP contribution in [0.15, 0.2) is 24.5 Å². The maximum Gasteiger partial charge on any atom is 0.151 e. The van der Waals surface area contributed by atoms with Crippen LogP contribution in [0.25, 0.3) is 0 Å². The van der Waals surface area contributed by atoms with Crippen molar-refractivity contribution in [3.8, 4) is 0 Å². The molecule has 124 valence electrons. The average Bonchev–Trinajstić information content (AvgIpc) is 3.47. The Balaban J connectivity index is 1.23. The molecule has 2 aromatic rings. The third kappa shape index (κ3) is 2.60. The molecule has 0 radical (unpaired) electrons. The van der Waals surface area contributed by atoms with Gasteiger partial charge >= 0.3 is 0 Å². The summed E-state index contributed by atoms with van der Waals surface area (Å²) >= 11 is 0. The lowest BCUT2D eigenvalue weighted by molar-refractivity contribution is 0.487. The van der Waals surface area contributed by atoms with E-state index >= 15 is 0 Å². The van der Waals surface area contributed by atoms with Crippen LogP contribution in [-0.4, -0.2) is 46.3 Å². The molecule has 2 aliphatic carbocycles. The molecule has 24 heavy (non-hydrogen) atoms. The molecule has 0 N–H and O–H groups in total. The minimum Gasteiger partial charge on any atom is -0.353 e. The summed E-state index contributed by atoms with van der Waals surface area (Å²) in [6.45, 7) is 1.94. The van der Waals surface area contributed by atoms with E-state index in [1.165, 1.54) is 31.4 Å². The van der Waals surface area contributed by atoms with Crippen molar-refractivity contribution in [2.45, 2.75) is 43.6 Å². The van der Waals surface area contributed by atoms with Crippen molar-refractivity contribution in [3.05, 3.63) is 35.9 Å². The zero-order valence-electron chi connectivity index (χ0n) is 14.0. The second-order valence-electron chi connectivity index (χ2n) is 7.34. The van der Waals surface area contributed by atoms with Crippen LogP contribution in [0.3, 0.4) is 0 Å². The highest BCUT2D eigenvalue weighted by atomic mass is 15.4. The molecule has 6 heteroatoms. The Morgan fingerprint density at radius 3 is 2.38 bits per heavy atom. The molecular weight excluding hydrogens is 300 g/mol. The van der Waals surface area contributed by atoms with Crippen molar-refractivity contribution in [2.24, 2.45) is 0 Å². The lowest BCUT2D eigenvalue weighted by Gasteiger charge is -2.44. The van der Waals surface area contributed by atoms with Crippen molar-refractivity contribution in [1.82, 2.24) is 20.2 Å². The van der Waals surface area contributed by atoms with Crippen LogP contribution in [0.5, 0.6) is 0 Å². The summed E-state index contributed by atoms with van der Waals surface area (Å²) in [4.78, 5) is 13.4. The molecular formula is C18H22N6. The summed E-state index contributed by atoms with van der Waals surface area (Å²) in [6, 6.07) is 6.89. The van der Waals surface area contributed by atoms with Gasteiger partial charge in [0.1, 0.15) is 12.1 Å². The second kappa shape index (κ2) is 5.40. The average molecular weight is 322 g/mol. The highest BCUT2D eigenvalue weighted by molar-refractivity contribution is 5.48. The minimum atomic E-state index is 0.469. The normalized spacial score (nSPS) is 20.8. The van der Waals surface area contributed by atoms with E-state index in [0.29, 0.717) is 17.9 Å². The zero-order valence-corrected chi connectivity index (χ0v) is 14.0. The first-order valence-corrected chi connectivity index (χ1v) is 8.91. The van der Waals surface area contributed by atoms with Gasteiger partial charge < -0.3 is 9.80 Å². The molecule has 1 saturated heterocycles. The number of hydrogen-bond acceptors (Lipinski definition) is 6. The molecule has 0 unspecified atom stereocenters. The quantitative estimate of drug-likeness (QED) is 0.842. The number of hydrogen-bond donors (Lipinski definition) is 0. The van der Waals surface area contributed by atoms with Crippen molar-refractivity contribution in [2.75, 3.05) is 29.9 Å². The highest BCUT2D eigenvalue weighted by Crippen LogP contribution is 2.40. The molecule has 0 aromatic carbocycles. The van der Waals surface area contributed by atoms with Crippen molar-refractivity contribution in [3.63, 3.8) is 0 Å². The lowest BCUT2D eigenvalue weighted by atomic mass is 10.1. The van der Waals surface area contributed by atoms with Gasteiger partial charge in [-0.05, 0) is 37.8 Å². The third-order valence-corrected chi connectivity index (χ3v) is 5.43. The minimum absolute atomic E-state index is 0.469. The topological polar surface area (TPSA) is 58.0 Å². The Bertz CT molecular complexity index is 731. The molecule has 0 spiro atoms. The number of anilines is 2. The van der Waals surface area contributed by atoms with Crippen LogP contribution in [0.1, 0.15) is 48.9 Å². The van der Waals surface area contributed by atoms with E-state index in [2.05, 4.69) is 55.2 Å². The first-order chi connectivity index (χ1) is 11.8. The van der Waals surface area contributed by atoms with Gasteiger partial charge in [-0.15, -0.1) is 5.10 Å². The van der Waals surface area contributed by atoms with Gasteiger partial charge in [0, 0.05) is 43.7 Å². The summed E-state index contributed by atoms with van der Waals surface area (Å²) in [6.07, 6.45) is 6.79. The third-order valence-electron chi connectivity index (χ3n) is 5.43. The summed E-state index contributed by atoms with van der Waals surface area (Å²) in [5, 5.41) is 8.79. The largest absolute Gasteiger partial charge is 0.353 e. The predicted molar refractivity (Wildman–Crippen MR) is 92.4 cm³/mol.